The molecule has 0 aromatic carbocycles. The molecule has 0 unspecified atom stereocenters. The maximum absolute atomic E-state index is 5.52. The van der Waals surface area contributed by atoms with Crippen molar-refractivity contribution >= 4 is 21.8 Å². The topological polar surface area (TPSA) is 3.24 Å². The van der Waals surface area contributed by atoms with Gasteiger partial charge in [0.15, 0.2) is 0 Å². The second-order valence-electron chi connectivity index (χ2n) is 2.06. The molecule has 0 aliphatic carbocycles. The SMILES string of the molecule is ClSN1CCCCC1. The predicted octanol–water partition coefficient (Wildman–Crippen LogP) is 2.27. The molecule has 3 heteroatoms. The summed E-state index contributed by atoms with van der Waals surface area (Å²) in [7, 11) is 5.52. The zero-order valence-corrected chi connectivity index (χ0v) is 6.34. The molecule has 1 aliphatic heterocycles. The van der Waals surface area contributed by atoms with Gasteiger partial charge < -0.3 is 0 Å². The summed E-state index contributed by atoms with van der Waals surface area (Å²) in [5.74, 6) is 0. The third-order valence-electron chi connectivity index (χ3n) is 1.41. The van der Waals surface area contributed by atoms with Crippen LogP contribution in [0.1, 0.15) is 19.3 Å². The van der Waals surface area contributed by atoms with Crippen LogP contribution in [0.4, 0.5) is 0 Å². The fourth-order valence-corrected chi connectivity index (χ4v) is 1.74. The monoisotopic (exact) mass is 151 g/mol. The largest absolute Gasteiger partial charge is 0.237 e. The van der Waals surface area contributed by atoms with Crippen LogP contribution >= 0.6 is 21.8 Å². The lowest BCUT2D eigenvalue weighted by molar-refractivity contribution is 0.383. The fraction of sp³-hybridized carbons (Fsp3) is 1.00. The van der Waals surface area contributed by atoms with Crippen molar-refractivity contribution in [2.75, 3.05) is 13.1 Å². The molecule has 0 saturated carbocycles. The molecule has 1 fully saturated rings. The molecule has 1 rings (SSSR count). The highest BCUT2D eigenvalue weighted by molar-refractivity contribution is 8.19. The second-order valence-corrected chi connectivity index (χ2v) is 3.13. The van der Waals surface area contributed by atoms with E-state index in [2.05, 4.69) is 4.31 Å². The number of piperidine rings is 1. The normalized spacial score (nSPS) is 23.6. The minimum absolute atomic E-state index is 1.17. The highest BCUT2D eigenvalue weighted by Gasteiger charge is 2.07. The van der Waals surface area contributed by atoms with Gasteiger partial charge in [-0.15, -0.1) is 0 Å². The summed E-state index contributed by atoms with van der Waals surface area (Å²) in [6, 6.07) is 0. The first-order valence-corrected chi connectivity index (χ1v) is 4.57. The maximum Gasteiger partial charge on any atom is 0.0307 e. The smallest absolute Gasteiger partial charge is 0.0307 e. The van der Waals surface area contributed by atoms with Gasteiger partial charge in [-0.2, -0.15) is 0 Å². The molecule has 0 atom stereocenters. The zero-order chi connectivity index (χ0) is 5.82. The molecule has 0 aromatic rings. The van der Waals surface area contributed by atoms with Crippen molar-refractivity contribution in [3.05, 3.63) is 0 Å². The van der Waals surface area contributed by atoms with Crippen LogP contribution in [0.15, 0.2) is 0 Å². The van der Waals surface area contributed by atoms with Gasteiger partial charge in [-0.05, 0) is 23.5 Å². The first-order valence-electron chi connectivity index (χ1n) is 2.97. The lowest BCUT2D eigenvalue weighted by atomic mass is 10.2. The van der Waals surface area contributed by atoms with Gasteiger partial charge in [0.05, 0.1) is 0 Å². The van der Waals surface area contributed by atoms with Crippen molar-refractivity contribution in [3.63, 3.8) is 0 Å². The number of rotatable bonds is 1. The summed E-state index contributed by atoms with van der Waals surface area (Å²) in [6.45, 7) is 2.35. The van der Waals surface area contributed by atoms with Crippen molar-refractivity contribution < 1.29 is 0 Å². The molecule has 8 heavy (non-hydrogen) atoms. The van der Waals surface area contributed by atoms with Crippen LogP contribution in [0.2, 0.25) is 0 Å². The van der Waals surface area contributed by atoms with Gasteiger partial charge in [0.25, 0.3) is 0 Å². The molecule has 1 heterocycles. The quantitative estimate of drug-likeness (QED) is 0.529. The highest BCUT2D eigenvalue weighted by Crippen LogP contribution is 2.20. The zero-order valence-electron chi connectivity index (χ0n) is 4.77. The van der Waals surface area contributed by atoms with E-state index in [1.807, 2.05) is 0 Å². The van der Waals surface area contributed by atoms with Gasteiger partial charge in [0.1, 0.15) is 0 Å². The Bertz CT molecular complexity index is 63.4. The average molecular weight is 152 g/mol. The van der Waals surface area contributed by atoms with E-state index in [9.17, 15) is 0 Å². The summed E-state index contributed by atoms with van der Waals surface area (Å²) in [4.78, 5) is 0. The Morgan fingerprint density at radius 1 is 1.12 bits per heavy atom. The second kappa shape index (κ2) is 3.59. The molecule has 0 aromatic heterocycles. The summed E-state index contributed by atoms with van der Waals surface area (Å²) in [5, 5.41) is 0. The lowest BCUT2D eigenvalue weighted by Gasteiger charge is -2.21. The van der Waals surface area contributed by atoms with Crippen LogP contribution in [-0.2, 0) is 0 Å². The van der Waals surface area contributed by atoms with E-state index in [4.69, 9.17) is 10.7 Å². The van der Waals surface area contributed by atoms with Crippen molar-refractivity contribution in [2.24, 2.45) is 0 Å². The third-order valence-corrected chi connectivity index (χ3v) is 2.56. The van der Waals surface area contributed by atoms with E-state index in [1.165, 1.54) is 43.5 Å². The first kappa shape index (κ1) is 6.72. The van der Waals surface area contributed by atoms with Crippen LogP contribution in [0.3, 0.4) is 0 Å². The highest BCUT2D eigenvalue weighted by atomic mass is 35.7. The Balaban J connectivity index is 2.13. The van der Waals surface area contributed by atoms with E-state index >= 15 is 0 Å². The van der Waals surface area contributed by atoms with Crippen molar-refractivity contribution in [1.29, 1.82) is 0 Å². The summed E-state index contributed by atoms with van der Waals surface area (Å²) < 4.78 is 2.20. The summed E-state index contributed by atoms with van der Waals surface area (Å²) >= 11 is 1.35. The Hall–Kier alpha value is 0.600. The third kappa shape index (κ3) is 1.84. The van der Waals surface area contributed by atoms with E-state index in [1.54, 1.807) is 0 Å². The van der Waals surface area contributed by atoms with Crippen LogP contribution in [-0.4, -0.2) is 17.4 Å². The van der Waals surface area contributed by atoms with Gasteiger partial charge in [-0.1, -0.05) is 6.42 Å². The van der Waals surface area contributed by atoms with E-state index in [0.717, 1.165) is 0 Å². The number of halogens is 1. The molecule has 48 valence electrons. The molecular formula is C5H10ClNS. The predicted molar refractivity (Wildman–Crippen MR) is 38.9 cm³/mol. The number of hydrogen-bond donors (Lipinski definition) is 0. The van der Waals surface area contributed by atoms with Gasteiger partial charge in [-0.3, -0.25) is 0 Å². The molecule has 1 saturated heterocycles. The molecule has 1 nitrogen and oxygen atoms in total. The summed E-state index contributed by atoms with van der Waals surface area (Å²) in [6.07, 6.45) is 4.02. The van der Waals surface area contributed by atoms with Crippen molar-refractivity contribution in [2.45, 2.75) is 19.3 Å². The molecule has 0 N–H and O–H groups in total. The van der Waals surface area contributed by atoms with E-state index in [0.29, 0.717) is 0 Å². The van der Waals surface area contributed by atoms with E-state index < -0.39 is 0 Å². The van der Waals surface area contributed by atoms with Gasteiger partial charge in [-0.25, -0.2) is 4.31 Å². The molecule has 0 bridgehead atoms. The average Bonchev–Trinajstić information content (AvgIpc) is 1.90. The molecule has 0 radical (unpaired) electrons. The standard InChI is InChI=1S/C5H10ClNS/c6-8-7-4-2-1-3-5-7/h1-5H2. The Kier molecular flexibility index (Phi) is 3.02. The minimum atomic E-state index is 1.17. The maximum atomic E-state index is 5.52. The Morgan fingerprint density at radius 3 is 2.12 bits per heavy atom. The van der Waals surface area contributed by atoms with Crippen LogP contribution in [0.25, 0.3) is 0 Å². The van der Waals surface area contributed by atoms with Crippen LogP contribution in [0, 0.1) is 0 Å². The Morgan fingerprint density at radius 2 is 1.75 bits per heavy atom. The van der Waals surface area contributed by atoms with Crippen LogP contribution in [0.5, 0.6) is 0 Å². The lowest BCUT2D eigenvalue weighted by Crippen LogP contribution is -2.21. The number of nitrogens with zero attached hydrogens (tertiary/aromatic N) is 1. The fourth-order valence-electron chi connectivity index (χ4n) is 0.934. The van der Waals surface area contributed by atoms with Gasteiger partial charge in [0, 0.05) is 24.3 Å². The molecule has 0 amide bonds. The summed E-state index contributed by atoms with van der Waals surface area (Å²) in [5.41, 5.74) is 0. The Labute approximate surface area is 59.0 Å². The minimum Gasteiger partial charge on any atom is -0.237 e. The first-order chi connectivity index (χ1) is 3.93. The molecule has 0 spiro atoms. The van der Waals surface area contributed by atoms with E-state index in [-0.39, 0.29) is 0 Å². The molecular weight excluding hydrogens is 142 g/mol. The molecule has 1 aliphatic rings. The van der Waals surface area contributed by atoms with Gasteiger partial charge in [0.2, 0.25) is 0 Å². The number of hydrogen-bond acceptors (Lipinski definition) is 2. The van der Waals surface area contributed by atoms with Gasteiger partial charge >= 0.3 is 0 Å². The van der Waals surface area contributed by atoms with Crippen molar-refractivity contribution in [1.82, 2.24) is 4.31 Å². The van der Waals surface area contributed by atoms with Crippen molar-refractivity contribution in [3.8, 4) is 0 Å². The van der Waals surface area contributed by atoms with Crippen LogP contribution < -0.4 is 0 Å².